The lowest BCUT2D eigenvalue weighted by molar-refractivity contribution is -0.117. The third-order valence-corrected chi connectivity index (χ3v) is 6.02. The van der Waals surface area contributed by atoms with Crippen LogP contribution in [0.25, 0.3) is 0 Å². The van der Waals surface area contributed by atoms with Gasteiger partial charge in [0.1, 0.15) is 0 Å². The van der Waals surface area contributed by atoms with E-state index in [4.69, 9.17) is 0 Å². The maximum absolute atomic E-state index is 12.1. The number of amides is 4. The Morgan fingerprint density at radius 2 is 1.78 bits per heavy atom. The van der Waals surface area contributed by atoms with Crippen molar-refractivity contribution in [2.45, 2.75) is 25.1 Å². The van der Waals surface area contributed by atoms with Crippen molar-refractivity contribution >= 4 is 63.1 Å². The number of carbonyl (C=O) groups excluding carboxylic acids is 3. The highest BCUT2D eigenvalue weighted by Crippen LogP contribution is 2.28. The molecule has 9 nitrogen and oxygen atoms in total. The summed E-state index contributed by atoms with van der Waals surface area (Å²) in [6.45, 7) is 5.30. The van der Waals surface area contributed by atoms with Gasteiger partial charge in [-0.3, -0.25) is 14.9 Å². The van der Waals surface area contributed by atoms with E-state index in [0.29, 0.717) is 20.8 Å². The molecule has 3 aromatic rings. The molecule has 0 fully saturated rings. The fraction of sp³-hybridized carbons (Fsp3) is 0.190. The fourth-order valence-electron chi connectivity index (χ4n) is 2.72. The van der Waals surface area contributed by atoms with Gasteiger partial charge in [-0.15, -0.1) is 10.2 Å². The van der Waals surface area contributed by atoms with Crippen LogP contribution >= 0.6 is 23.1 Å². The molecule has 0 atom stereocenters. The number of anilines is 4. The predicted molar refractivity (Wildman–Crippen MR) is 128 cm³/mol. The zero-order valence-electron chi connectivity index (χ0n) is 17.7. The van der Waals surface area contributed by atoms with Gasteiger partial charge in [-0.05, 0) is 43.7 Å². The van der Waals surface area contributed by atoms with E-state index in [0.717, 1.165) is 16.8 Å². The van der Waals surface area contributed by atoms with Crippen LogP contribution in [0.2, 0.25) is 0 Å². The second-order valence-electron chi connectivity index (χ2n) is 6.87. The second kappa shape index (κ2) is 10.7. The number of nitrogens with one attached hydrogen (secondary N) is 4. The van der Waals surface area contributed by atoms with Gasteiger partial charge in [-0.1, -0.05) is 46.9 Å². The molecule has 0 unspecified atom stereocenters. The Morgan fingerprint density at radius 3 is 2.53 bits per heavy atom. The monoisotopic (exact) mass is 470 g/mol. The number of hydrogen-bond donors (Lipinski definition) is 4. The first-order chi connectivity index (χ1) is 15.3. The summed E-state index contributed by atoms with van der Waals surface area (Å²) in [6.07, 6.45) is 0. The fourth-order valence-corrected chi connectivity index (χ4v) is 4.29. The van der Waals surface area contributed by atoms with E-state index in [9.17, 15) is 14.4 Å². The zero-order valence-corrected chi connectivity index (χ0v) is 19.3. The summed E-state index contributed by atoms with van der Waals surface area (Å²) in [5, 5.41) is 19.4. The molecule has 3 rings (SSSR count). The Morgan fingerprint density at radius 1 is 1.00 bits per heavy atom. The molecule has 4 N–H and O–H groups in total. The predicted octanol–water partition coefficient (Wildman–Crippen LogP) is 4.30. The third-order valence-electron chi connectivity index (χ3n) is 4.05. The van der Waals surface area contributed by atoms with E-state index < -0.39 is 11.9 Å². The Bertz CT molecular complexity index is 1150. The lowest BCUT2D eigenvalue weighted by atomic mass is 10.1. The average Bonchev–Trinajstić information content (AvgIpc) is 3.15. The molecule has 2 aromatic carbocycles. The molecule has 0 spiro atoms. The number of nitrogens with zero attached hydrogens (tertiary/aromatic N) is 2. The quantitative estimate of drug-likeness (QED) is 0.379. The average molecular weight is 471 g/mol. The summed E-state index contributed by atoms with van der Waals surface area (Å²) in [5.74, 6) is -0.574. The summed E-state index contributed by atoms with van der Waals surface area (Å²) in [5.41, 5.74) is 4.06. The first-order valence-electron chi connectivity index (χ1n) is 9.57. The lowest BCUT2D eigenvalue weighted by Gasteiger charge is -2.09. The van der Waals surface area contributed by atoms with E-state index in [2.05, 4.69) is 31.5 Å². The van der Waals surface area contributed by atoms with Crippen molar-refractivity contribution in [3.8, 4) is 0 Å². The third kappa shape index (κ3) is 7.06. The molecule has 1 heterocycles. The van der Waals surface area contributed by atoms with Crippen LogP contribution in [0.1, 0.15) is 18.1 Å². The zero-order chi connectivity index (χ0) is 23.1. The van der Waals surface area contributed by atoms with Crippen LogP contribution in [0.5, 0.6) is 0 Å². The highest BCUT2D eigenvalue weighted by Gasteiger charge is 2.12. The van der Waals surface area contributed by atoms with Gasteiger partial charge in [0.15, 0.2) is 4.34 Å². The number of thioether (sulfide) groups is 1. The van der Waals surface area contributed by atoms with Gasteiger partial charge >= 0.3 is 6.03 Å². The van der Waals surface area contributed by atoms with E-state index >= 15 is 0 Å². The SMILES string of the molecule is CC(=O)Nc1cccc(Nc2nnc(SCC(=O)NC(=O)Nc3ccc(C)cc3C)s2)c1. The molecule has 11 heteroatoms. The van der Waals surface area contributed by atoms with Gasteiger partial charge in [0.25, 0.3) is 0 Å². The molecular formula is C21H22N6O3S2. The van der Waals surface area contributed by atoms with Crippen molar-refractivity contribution < 1.29 is 14.4 Å². The van der Waals surface area contributed by atoms with Crippen molar-refractivity contribution in [3.63, 3.8) is 0 Å². The number of aryl methyl sites for hydroxylation is 2. The second-order valence-corrected chi connectivity index (χ2v) is 9.07. The Balaban J connectivity index is 1.47. The van der Waals surface area contributed by atoms with Gasteiger partial charge in [-0.2, -0.15) is 0 Å². The van der Waals surface area contributed by atoms with Crippen molar-refractivity contribution in [1.82, 2.24) is 15.5 Å². The van der Waals surface area contributed by atoms with E-state index in [1.165, 1.54) is 30.0 Å². The van der Waals surface area contributed by atoms with Gasteiger partial charge in [-0.25, -0.2) is 4.79 Å². The van der Waals surface area contributed by atoms with Crippen LogP contribution in [-0.2, 0) is 9.59 Å². The maximum Gasteiger partial charge on any atom is 0.325 e. The molecule has 0 aliphatic rings. The van der Waals surface area contributed by atoms with Crippen molar-refractivity contribution in [2.24, 2.45) is 0 Å². The molecule has 0 saturated heterocycles. The molecule has 0 radical (unpaired) electrons. The van der Waals surface area contributed by atoms with E-state index in [1.807, 2.05) is 32.0 Å². The maximum atomic E-state index is 12.1. The minimum atomic E-state index is -0.582. The summed E-state index contributed by atoms with van der Waals surface area (Å²) < 4.78 is 0.579. The number of imide groups is 1. The molecular weight excluding hydrogens is 448 g/mol. The Kier molecular flexibility index (Phi) is 7.79. The summed E-state index contributed by atoms with van der Waals surface area (Å²) >= 11 is 2.46. The Hall–Kier alpha value is -3.44. The molecule has 0 aliphatic heterocycles. The first-order valence-corrected chi connectivity index (χ1v) is 11.4. The topological polar surface area (TPSA) is 125 Å². The van der Waals surface area contributed by atoms with Crippen LogP contribution in [-0.4, -0.2) is 33.8 Å². The van der Waals surface area contributed by atoms with Crippen LogP contribution in [0.3, 0.4) is 0 Å². The lowest BCUT2D eigenvalue weighted by Crippen LogP contribution is -2.35. The van der Waals surface area contributed by atoms with E-state index in [1.54, 1.807) is 24.3 Å². The number of carbonyl (C=O) groups is 3. The molecule has 4 amide bonds. The van der Waals surface area contributed by atoms with Crippen molar-refractivity contribution in [3.05, 3.63) is 53.6 Å². The molecule has 1 aromatic heterocycles. The number of benzene rings is 2. The standard InChI is InChI=1S/C21H22N6O3S2/c1-12-7-8-17(13(2)9-12)24-19(30)25-18(29)11-31-21-27-26-20(32-21)23-16-6-4-5-15(10-16)22-14(3)28/h4-10H,11H2,1-3H3,(H,22,28)(H,23,26)(H2,24,25,29,30). The van der Waals surface area contributed by atoms with E-state index in [-0.39, 0.29) is 11.7 Å². The summed E-state index contributed by atoms with van der Waals surface area (Å²) in [4.78, 5) is 35.3. The van der Waals surface area contributed by atoms with Crippen LogP contribution in [0.4, 0.5) is 27.0 Å². The van der Waals surface area contributed by atoms with Crippen molar-refractivity contribution in [1.29, 1.82) is 0 Å². The van der Waals surface area contributed by atoms with Crippen LogP contribution in [0, 0.1) is 13.8 Å². The van der Waals surface area contributed by atoms with Crippen LogP contribution < -0.4 is 21.3 Å². The normalized spacial score (nSPS) is 10.3. The molecule has 32 heavy (non-hydrogen) atoms. The molecule has 0 aliphatic carbocycles. The minimum Gasteiger partial charge on any atom is -0.330 e. The molecule has 166 valence electrons. The largest absolute Gasteiger partial charge is 0.330 e. The Labute approximate surface area is 193 Å². The van der Waals surface area contributed by atoms with Gasteiger partial charge in [0, 0.05) is 24.0 Å². The molecule has 0 bridgehead atoms. The smallest absolute Gasteiger partial charge is 0.325 e. The van der Waals surface area contributed by atoms with Gasteiger partial charge in [0.05, 0.1) is 5.75 Å². The number of rotatable bonds is 7. The highest BCUT2D eigenvalue weighted by atomic mass is 32.2. The highest BCUT2D eigenvalue weighted by molar-refractivity contribution is 8.01. The van der Waals surface area contributed by atoms with Crippen LogP contribution in [0.15, 0.2) is 46.8 Å². The number of hydrogen-bond acceptors (Lipinski definition) is 8. The molecule has 0 saturated carbocycles. The van der Waals surface area contributed by atoms with Gasteiger partial charge in [0.2, 0.25) is 16.9 Å². The van der Waals surface area contributed by atoms with Gasteiger partial charge < -0.3 is 16.0 Å². The first kappa shape index (κ1) is 23.2. The number of aromatic nitrogens is 2. The summed E-state index contributed by atoms with van der Waals surface area (Å²) in [6, 6.07) is 12.2. The number of urea groups is 1. The minimum absolute atomic E-state index is 0.0208. The van der Waals surface area contributed by atoms with Crippen molar-refractivity contribution in [2.75, 3.05) is 21.7 Å². The summed E-state index contributed by atoms with van der Waals surface area (Å²) in [7, 11) is 0.